The summed E-state index contributed by atoms with van der Waals surface area (Å²) in [6, 6.07) is 0.0848. The van der Waals surface area contributed by atoms with E-state index >= 15 is 0 Å². The van der Waals surface area contributed by atoms with Gasteiger partial charge in [0.25, 0.3) is 0 Å². The third-order valence-electron chi connectivity index (χ3n) is 7.27. The van der Waals surface area contributed by atoms with Gasteiger partial charge in [-0.3, -0.25) is 9.59 Å². The number of primary amides is 1. The van der Waals surface area contributed by atoms with Crippen LogP contribution in [0.15, 0.2) is 0 Å². The van der Waals surface area contributed by atoms with Crippen molar-refractivity contribution in [3.05, 3.63) is 0 Å². The lowest BCUT2D eigenvalue weighted by Crippen LogP contribution is -2.35. The Morgan fingerprint density at radius 3 is 1.22 bits per heavy atom. The zero-order valence-electron chi connectivity index (χ0n) is 41.8. The number of likely N-dealkylation sites (N-methyl/N-ethyl adjacent to an activating group) is 2. The maximum Gasteiger partial charge on any atom is 0.222 e. The number of unbranched alkanes of at least 4 members (excludes halogenated alkanes) is 1. The molecule has 1 unspecified atom stereocenters. The molecule has 0 aromatic carbocycles. The van der Waals surface area contributed by atoms with Gasteiger partial charge in [0.1, 0.15) is 6.29 Å². The van der Waals surface area contributed by atoms with Crippen molar-refractivity contribution in [2.24, 2.45) is 5.73 Å². The van der Waals surface area contributed by atoms with Gasteiger partial charge in [0, 0.05) is 52.4 Å². The van der Waals surface area contributed by atoms with Crippen LogP contribution < -0.4 is 21.7 Å². The van der Waals surface area contributed by atoms with Gasteiger partial charge in [-0.05, 0) is 39.3 Å². The number of amides is 2. The predicted octanol–water partition coefficient (Wildman–Crippen LogP) is 3.22. The number of nitrogens with two attached hydrogens (primary N) is 1. The molecule has 0 aliphatic heterocycles. The van der Waals surface area contributed by atoms with E-state index in [0.717, 1.165) is 58.3 Å². The number of rotatable bonds is 48. The second-order valence-electron chi connectivity index (χ2n) is 12.5. The van der Waals surface area contributed by atoms with E-state index in [2.05, 4.69) is 42.5 Å². The van der Waals surface area contributed by atoms with Crippen molar-refractivity contribution >= 4 is 18.6 Å². The number of hydrogen-bond donors (Lipinski definition) is 4. The summed E-state index contributed by atoms with van der Waals surface area (Å²) in [6.45, 7) is 30.5. The summed E-state index contributed by atoms with van der Waals surface area (Å²) in [6.07, 6.45) is 5.78. The Morgan fingerprint density at radius 1 is 0.484 bits per heavy atom. The molecule has 0 aliphatic rings. The third kappa shape index (κ3) is 77.3. The Labute approximate surface area is 389 Å². The first-order chi connectivity index (χ1) is 31.6. The summed E-state index contributed by atoms with van der Waals surface area (Å²) in [7, 11) is 1.88. The number of aldehydes is 1. The second-order valence-corrected chi connectivity index (χ2v) is 12.5. The van der Waals surface area contributed by atoms with Crippen molar-refractivity contribution in [1.82, 2.24) is 16.0 Å². The van der Waals surface area contributed by atoms with Crippen LogP contribution in [0.4, 0.5) is 0 Å². The first-order valence-electron chi connectivity index (χ1n) is 23.7. The van der Waals surface area contributed by atoms with E-state index in [1.807, 2.05) is 34.7 Å². The van der Waals surface area contributed by atoms with Crippen LogP contribution in [-0.2, 0) is 71.2 Å². The van der Waals surface area contributed by atoms with Gasteiger partial charge in [-0.15, -0.1) is 0 Å². The van der Waals surface area contributed by atoms with Gasteiger partial charge in [0.2, 0.25) is 12.3 Å². The molecule has 388 valence electrons. The lowest BCUT2D eigenvalue weighted by molar-refractivity contribution is -0.122. The molecule has 0 saturated heterocycles. The first kappa shape index (κ1) is 71.1. The average molecular weight is 935 g/mol. The largest absolute Gasteiger partial charge is 0.380 e. The minimum Gasteiger partial charge on any atom is -0.380 e. The number of hydrogen-bond acceptors (Lipinski definition) is 17. The van der Waals surface area contributed by atoms with Gasteiger partial charge >= 0.3 is 0 Å². The fraction of sp³-hybridized carbons (Fsp3) is 0.933. The van der Waals surface area contributed by atoms with Crippen LogP contribution in [0.5, 0.6) is 0 Å². The quantitative estimate of drug-likeness (QED) is 0.0508. The lowest BCUT2D eigenvalue weighted by Gasteiger charge is -2.16. The van der Waals surface area contributed by atoms with Crippen molar-refractivity contribution in [3.63, 3.8) is 0 Å². The topological polar surface area (TPSA) is 224 Å². The normalized spacial score (nSPS) is 10.8. The van der Waals surface area contributed by atoms with Crippen molar-refractivity contribution in [2.75, 3.05) is 185 Å². The Bertz CT molecular complexity index is 815. The van der Waals surface area contributed by atoms with Crippen LogP contribution in [0.1, 0.15) is 87.0 Å². The standard InChI is InChI=1S/C27H56N2O9.C13H27NO5.2C2H6.CH3NO/c1-4-10-31-16-20-35-22-18-33-12-6-7-13-37-24-26(28-3)25-38-14-8-27(30)29-9-15-34-19-23-36-21-17-32-11-5-2;1-2-14-4-7-17-9-11-19-13-12-18-10-8-16-6-3-5-15;2*1-2;2-1-3/h26,28H,4-25H2,1-3H3,(H,29,30);5,14H,2-4,6-13H2,1H3;2*1-2H3;1H,(H2,2,3). The van der Waals surface area contributed by atoms with Gasteiger partial charge in [-0.2, -0.15) is 0 Å². The average Bonchev–Trinajstić information content (AvgIpc) is 3.32. The van der Waals surface area contributed by atoms with Crippen LogP contribution in [0.3, 0.4) is 0 Å². The molecule has 0 heterocycles. The highest BCUT2D eigenvalue weighted by molar-refractivity contribution is 5.75. The number of carbonyl (C=O) groups is 3. The summed E-state index contributed by atoms with van der Waals surface area (Å²) in [4.78, 5) is 30.5. The molecule has 2 amide bonds. The molecule has 19 nitrogen and oxygen atoms in total. The summed E-state index contributed by atoms with van der Waals surface area (Å²) in [5.74, 6) is -0.0510. The molecule has 19 heteroatoms. The fourth-order valence-corrected chi connectivity index (χ4v) is 4.18. The highest BCUT2D eigenvalue weighted by Gasteiger charge is 2.08. The van der Waals surface area contributed by atoms with Crippen molar-refractivity contribution in [1.29, 1.82) is 0 Å². The van der Waals surface area contributed by atoms with Crippen LogP contribution in [-0.4, -0.2) is 210 Å². The Hall–Kier alpha value is -1.95. The summed E-state index contributed by atoms with van der Waals surface area (Å²) in [5, 5.41) is 9.18. The molecular weight excluding hydrogens is 837 g/mol. The Kier molecular flexibility index (Phi) is 83.7. The van der Waals surface area contributed by atoms with Gasteiger partial charge in [-0.25, -0.2) is 0 Å². The third-order valence-corrected chi connectivity index (χ3v) is 7.27. The van der Waals surface area contributed by atoms with Crippen LogP contribution in [0.2, 0.25) is 0 Å². The number of ether oxygens (including phenoxy) is 12. The molecule has 0 spiro atoms. The molecule has 1 atom stereocenters. The zero-order chi connectivity index (χ0) is 48.5. The van der Waals surface area contributed by atoms with E-state index in [4.69, 9.17) is 61.6 Å². The molecular formula is C45H98N4O15. The molecule has 0 bridgehead atoms. The Balaban J connectivity index is -0.000000371. The van der Waals surface area contributed by atoms with Crippen LogP contribution in [0.25, 0.3) is 0 Å². The molecule has 5 N–H and O–H groups in total. The maximum atomic E-state index is 11.9. The highest BCUT2D eigenvalue weighted by atomic mass is 16.6. The van der Waals surface area contributed by atoms with E-state index in [1.165, 1.54) is 0 Å². The lowest BCUT2D eigenvalue weighted by atomic mass is 10.3. The van der Waals surface area contributed by atoms with E-state index in [1.54, 1.807) is 0 Å². The van der Waals surface area contributed by atoms with E-state index in [9.17, 15) is 9.59 Å². The molecule has 0 aromatic heterocycles. The molecule has 0 radical (unpaired) electrons. The molecule has 64 heavy (non-hydrogen) atoms. The van der Waals surface area contributed by atoms with Crippen molar-refractivity contribution in [2.45, 2.75) is 93.0 Å². The second kappa shape index (κ2) is 75.4. The van der Waals surface area contributed by atoms with E-state index in [0.29, 0.717) is 165 Å². The molecule has 0 aliphatic carbocycles. The van der Waals surface area contributed by atoms with Gasteiger partial charge in [0.05, 0.1) is 138 Å². The zero-order valence-corrected chi connectivity index (χ0v) is 41.8. The first-order valence-corrected chi connectivity index (χ1v) is 23.7. The minimum atomic E-state index is -0.0510. The summed E-state index contributed by atoms with van der Waals surface area (Å²) in [5.41, 5.74) is 4.17. The minimum absolute atomic E-state index is 0.0510. The van der Waals surface area contributed by atoms with Crippen LogP contribution in [0, 0.1) is 0 Å². The molecule has 0 saturated carbocycles. The van der Waals surface area contributed by atoms with Crippen molar-refractivity contribution < 1.29 is 71.2 Å². The SMILES string of the molecule is CC.CC.CCCOCCOCCOCCCCOCC(COCCC(=O)NCCOCCOCCOCCC)NC.CCNCCOCCOCCOCCOCCC=O.NC=O. The van der Waals surface area contributed by atoms with Gasteiger partial charge in [-0.1, -0.05) is 48.5 Å². The number of carbonyl (C=O) groups excluding carboxylic acids is 3. The predicted molar refractivity (Wildman–Crippen MR) is 252 cm³/mol. The van der Waals surface area contributed by atoms with E-state index in [-0.39, 0.29) is 18.4 Å². The molecule has 0 rings (SSSR count). The van der Waals surface area contributed by atoms with E-state index < -0.39 is 0 Å². The van der Waals surface area contributed by atoms with Crippen LogP contribution >= 0.6 is 0 Å². The van der Waals surface area contributed by atoms with Gasteiger partial charge in [0.15, 0.2) is 0 Å². The highest BCUT2D eigenvalue weighted by Crippen LogP contribution is 1.96. The monoisotopic (exact) mass is 935 g/mol. The molecule has 0 fully saturated rings. The summed E-state index contributed by atoms with van der Waals surface area (Å²) < 4.78 is 65.0. The summed E-state index contributed by atoms with van der Waals surface area (Å²) >= 11 is 0. The molecule has 0 aromatic rings. The fourth-order valence-electron chi connectivity index (χ4n) is 4.18. The van der Waals surface area contributed by atoms with Crippen molar-refractivity contribution in [3.8, 4) is 0 Å². The smallest absolute Gasteiger partial charge is 0.222 e. The number of nitrogens with one attached hydrogen (secondary N) is 3. The Morgan fingerprint density at radius 2 is 0.828 bits per heavy atom. The maximum absolute atomic E-state index is 11.9. The van der Waals surface area contributed by atoms with Gasteiger partial charge < -0.3 is 83.3 Å².